The molecule has 0 heterocycles. The van der Waals surface area contributed by atoms with Gasteiger partial charge in [0.1, 0.15) is 0 Å². The summed E-state index contributed by atoms with van der Waals surface area (Å²) in [7, 11) is 4.03. The van der Waals surface area contributed by atoms with E-state index in [0.29, 0.717) is 6.54 Å². The van der Waals surface area contributed by atoms with Crippen molar-refractivity contribution in [1.29, 1.82) is 0 Å². The highest BCUT2D eigenvalue weighted by atomic mass is 16.6. The van der Waals surface area contributed by atoms with Crippen molar-refractivity contribution in [2.24, 2.45) is 0 Å². The normalized spacial score (nSPS) is 11.5. The smallest absolute Gasteiger partial charge is 0.273 e. The molecule has 0 saturated carbocycles. The lowest BCUT2D eigenvalue weighted by Gasteiger charge is -2.33. The molecule has 0 unspecified atom stereocenters. The Morgan fingerprint density at radius 2 is 1.75 bits per heavy atom. The van der Waals surface area contributed by atoms with Gasteiger partial charge < -0.3 is 15.5 Å². The van der Waals surface area contributed by atoms with Crippen molar-refractivity contribution >= 4 is 17.1 Å². The second-order valence-corrected chi connectivity index (χ2v) is 5.62. The summed E-state index contributed by atoms with van der Waals surface area (Å²) in [5.41, 5.74) is 1.56. The standard InChI is InChI=1S/C14H24N4O2/c1-6-15-11-7-12(9-13(8-11)18(19)20)16-10-14(2,3)17(4)5/h7-9,15-16H,6,10H2,1-5H3. The van der Waals surface area contributed by atoms with Gasteiger partial charge >= 0.3 is 0 Å². The Hall–Kier alpha value is -1.82. The van der Waals surface area contributed by atoms with Gasteiger partial charge in [0.25, 0.3) is 5.69 Å². The van der Waals surface area contributed by atoms with Crippen LogP contribution in [0.5, 0.6) is 0 Å². The molecule has 1 aromatic rings. The molecular weight excluding hydrogens is 256 g/mol. The number of hydrogen-bond acceptors (Lipinski definition) is 5. The second kappa shape index (κ2) is 6.56. The largest absolute Gasteiger partial charge is 0.385 e. The van der Waals surface area contributed by atoms with Gasteiger partial charge in [0, 0.05) is 42.1 Å². The maximum atomic E-state index is 11.0. The van der Waals surface area contributed by atoms with E-state index >= 15 is 0 Å². The number of anilines is 2. The van der Waals surface area contributed by atoms with Gasteiger partial charge in [-0.15, -0.1) is 0 Å². The van der Waals surface area contributed by atoms with Crippen LogP contribution in [0.4, 0.5) is 17.1 Å². The van der Waals surface area contributed by atoms with E-state index in [1.54, 1.807) is 12.1 Å². The first kappa shape index (κ1) is 16.2. The lowest BCUT2D eigenvalue weighted by Crippen LogP contribution is -2.44. The lowest BCUT2D eigenvalue weighted by molar-refractivity contribution is -0.384. The van der Waals surface area contributed by atoms with Crippen LogP contribution in [-0.2, 0) is 0 Å². The van der Waals surface area contributed by atoms with E-state index in [2.05, 4.69) is 29.4 Å². The Bertz CT molecular complexity index is 472. The van der Waals surface area contributed by atoms with Gasteiger partial charge in [-0.1, -0.05) is 0 Å². The molecule has 0 atom stereocenters. The highest BCUT2D eigenvalue weighted by molar-refractivity contribution is 5.63. The number of likely N-dealkylation sites (N-methyl/N-ethyl adjacent to an activating group) is 1. The van der Waals surface area contributed by atoms with Crippen LogP contribution in [0.3, 0.4) is 0 Å². The van der Waals surface area contributed by atoms with Crippen molar-refractivity contribution in [1.82, 2.24) is 4.90 Å². The van der Waals surface area contributed by atoms with E-state index in [9.17, 15) is 10.1 Å². The van der Waals surface area contributed by atoms with Gasteiger partial charge in [-0.05, 0) is 40.9 Å². The zero-order valence-corrected chi connectivity index (χ0v) is 12.9. The minimum Gasteiger partial charge on any atom is -0.385 e. The molecular formula is C14H24N4O2. The quantitative estimate of drug-likeness (QED) is 0.593. The Morgan fingerprint density at radius 1 is 1.20 bits per heavy atom. The van der Waals surface area contributed by atoms with Crippen molar-refractivity contribution in [3.63, 3.8) is 0 Å². The number of nitro groups is 1. The molecule has 1 rings (SSSR count). The van der Waals surface area contributed by atoms with E-state index < -0.39 is 0 Å². The zero-order chi connectivity index (χ0) is 15.3. The first-order chi connectivity index (χ1) is 9.26. The number of nitrogens with zero attached hydrogens (tertiary/aromatic N) is 2. The molecule has 6 nitrogen and oxygen atoms in total. The second-order valence-electron chi connectivity index (χ2n) is 5.62. The molecule has 112 valence electrons. The monoisotopic (exact) mass is 280 g/mol. The summed E-state index contributed by atoms with van der Waals surface area (Å²) >= 11 is 0. The molecule has 0 spiro atoms. The number of rotatable bonds is 7. The fraction of sp³-hybridized carbons (Fsp3) is 0.571. The minimum absolute atomic E-state index is 0.0387. The third-order valence-corrected chi connectivity index (χ3v) is 3.45. The first-order valence-electron chi connectivity index (χ1n) is 6.71. The van der Waals surface area contributed by atoms with Gasteiger partial charge in [0.2, 0.25) is 0 Å². The van der Waals surface area contributed by atoms with Crippen LogP contribution in [0.25, 0.3) is 0 Å². The topological polar surface area (TPSA) is 70.4 Å². The number of nitro benzene ring substituents is 1. The fourth-order valence-electron chi connectivity index (χ4n) is 1.60. The van der Waals surface area contributed by atoms with Crippen LogP contribution in [-0.4, -0.2) is 42.5 Å². The molecule has 6 heteroatoms. The van der Waals surface area contributed by atoms with Gasteiger partial charge in [0.05, 0.1) is 4.92 Å². The average molecular weight is 280 g/mol. The van der Waals surface area contributed by atoms with Crippen molar-refractivity contribution < 1.29 is 4.92 Å². The first-order valence-corrected chi connectivity index (χ1v) is 6.71. The molecule has 0 aromatic heterocycles. The zero-order valence-electron chi connectivity index (χ0n) is 12.9. The number of hydrogen-bond donors (Lipinski definition) is 2. The molecule has 20 heavy (non-hydrogen) atoms. The van der Waals surface area contributed by atoms with Gasteiger partial charge in [-0.3, -0.25) is 10.1 Å². The van der Waals surface area contributed by atoms with Crippen LogP contribution >= 0.6 is 0 Å². The minimum atomic E-state index is -0.372. The van der Waals surface area contributed by atoms with Crippen molar-refractivity contribution in [3.05, 3.63) is 28.3 Å². The van der Waals surface area contributed by atoms with Crippen molar-refractivity contribution in [2.45, 2.75) is 26.3 Å². The van der Waals surface area contributed by atoms with Gasteiger partial charge in [0.15, 0.2) is 0 Å². The molecule has 1 aromatic carbocycles. The van der Waals surface area contributed by atoms with Crippen LogP contribution in [0.1, 0.15) is 20.8 Å². The lowest BCUT2D eigenvalue weighted by atomic mass is 10.0. The SMILES string of the molecule is CCNc1cc(NCC(C)(C)N(C)C)cc([N+](=O)[O-])c1. The van der Waals surface area contributed by atoms with Crippen LogP contribution in [0, 0.1) is 10.1 Å². The molecule has 0 saturated heterocycles. The van der Waals surface area contributed by atoms with E-state index in [4.69, 9.17) is 0 Å². The molecule has 0 amide bonds. The Labute approximate surface area is 120 Å². The van der Waals surface area contributed by atoms with Crippen molar-refractivity contribution in [3.8, 4) is 0 Å². The molecule has 2 N–H and O–H groups in total. The van der Waals surface area contributed by atoms with E-state index in [1.807, 2.05) is 27.1 Å². The highest BCUT2D eigenvalue weighted by Gasteiger charge is 2.20. The summed E-state index contributed by atoms with van der Waals surface area (Å²) in [6.45, 7) is 7.61. The van der Waals surface area contributed by atoms with E-state index in [-0.39, 0.29) is 16.1 Å². The third kappa shape index (κ3) is 4.38. The summed E-state index contributed by atoms with van der Waals surface area (Å²) < 4.78 is 0. The Kier molecular flexibility index (Phi) is 5.33. The summed E-state index contributed by atoms with van der Waals surface area (Å²) in [4.78, 5) is 12.7. The van der Waals surface area contributed by atoms with Crippen LogP contribution < -0.4 is 10.6 Å². The summed E-state index contributed by atoms with van der Waals surface area (Å²) in [6, 6.07) is 5.00. The molecule has 0 radical (unpaired) electrons. The summed E-state index contributed by atoms with van der Waals surface area (Å²) in [5.74, 6) is 0. The predicted octanol–water partition coefficient (Wildman–Crippen LogP) is 2.78. The van der Waals surface area contributed by atoms with Crippen molar-refractivity contribution in [2.75, 3.05) is 37.8 Å². The van der Waals surface area contributed by atoms with Gasteiger partial charge in [-0.25, -0.2) is 0 Å². The Morgan fingerprint density at radius 3 is 2.20 bits per heavy atom. The predicted molar refractivity (Wildman–Crippen MR) is 83.5 cm³/mol. The van der Waals surface area contributed by atoms with E-state index in [0.717, 1.165) is 17.9 Å². The van der Waals surface area contributed by atoms with Gasteiger partial charge in [-0.2, -0.15) is 0 Å². The Balaban J connectivity index is 2.91. The number of nitrogens with one attached hydrogen (secondary N) is 2. The van der Waals surface area contributed by atoms with Crippen LogP contribution in [0.2, 0.25) is 0 Å². The molecule has 0 aliphatic heterocycles. The molecule has 0 aliphatic carbocycles. The van der Waals surface area contributed by atoms with Crippen LogP contribution in [0.15, 0.2) is 18.2 Å². The van der Waals surface area contributed by atoms with E-state index in [1.165, 1.54) is 0 Å². The maximum absolute atomic E-state index is 11.0. The third-order valence-electron chi connectivity index (χ3n) is 3.45. The molecule has 0 aliphatic rings. The average Bonchev–Trinajstić information content (AvgIpc) is 2.36. The number of benzene rings is 1. The molecule has 0 bridgehead atoms. The summed E-state index contributed by atoms with van der Waals surface area (Å²) in [5, 5.41) is 17.3. The fourth-order valence-corrected chi connectivity index (χ4v) is 1.60. The highest BCUT2D eigenvalue weighted by Crippen LogP contribution is 2.25. The molecule has 0 fully saturated rings. The maximum Gasteiger partial charge on any atom is 0.273 e. The number of non-ortho nitro benzene ring substituents is 1. The summed E-state index contributed by atoms with van der Waals surface area (Å²) in [6.07, 6.45) is 0.